The van der Waals surface area contributed by atoms with Crippen molar-refractivity contribution in [1.82, 2.24) is 15.6 Å². The Labute approximate surface area is 104 Å². The molecule has 1 aromatic heterocycles. The molecule has 0 aromatic carbocycles. The van der Waals surface area contributed by atoms with Gasteiger partial charge in [-0.05, 0) is 12.1 Å². The lowest BCUT2D eigenvalue weighted by atomic mass is 10.2. The number of pyridine rings is 1. The minimum absolute atomic E-state index is 0.0632. The molecule has 1 rings (SSSR count). The topological polar surface area (TPSA) is 91.3 Å². The minimum Gasteiger partial charge on any atom is -0.480 e. The van der Waals surface area contributed by atoms with Crippen LogP contribution in [0, 0.1) is 12.3 Å². The molecule has 0 aliphatic heterocycles. The Bertz CT molecular complexity index is 453. The molecule has 0 saturated heterocycles. The van der Waals surface area contributed by atoms with Crippen molar-refractivity contribution in [3.63, 3.8) is 0 Å². The van der Waals surface area contributed by atoms with Gasteiger partial charge in [0.05, 0.1) is 12.2 Å². The second-order valence-electron chi connectivity index (χ2n) is 3.45. The Morgan fingerprint density at radius 1 is 1.50 bits per heavy atom. The number of aliphatic carboxylic acids is 1. The van der Waals surface area contributed by atoms with Gasteiger partial charge in [0.15, 0.2) is 0 Å². The highest BCUT2D eigenvalue weighted by atomic mass is 16.4. The number of hydrogen-bond acceptors (Lipinski definition) is 3. The summed E-state index contributed by atoms with van der Waals surface area (Å²) in [7, 11) is 0. The molecule has 2 amide bonds. The van der Waals surface area contributed by atoms with E-state index in [0.717, 1.165) is 0 Å². The van der Waals surface area contributed by atoms with Crippen LogP contribution in [-0.4, -0.2) is 28.1 Å². The summed E-state index contributed by atoms with van der Waals surface area (Å²) in [6.45, 7) is 0.217. The summed E-state index contributed by atoms with van der Waals surface area (Å²) >= 11 is 0. The molecular formula is C12H13N3O3. The predicted molar refractivity (Wildman–Crippen MR) is 64.5 cm³/mol. The molecular weight excluding hydrogens is 234 g/mol. The maximum Gasteiger partial charge on any atom is 0.327 e. The summed E-state index contributed by atoms with van der Waals surface area (Å²) in [5.41, 5.74) is 0.677. The van der Waals surface area contributed by atoms with Gasteiger partial charge in [-0.2, -0.15) is 0 Å². The zero-order chi connectivity index (χ0) is 13.4. The number of carboxylic acid groups (broad SMARTS) is 1. The fourth-order valence-electron chi connectivity index (χ4n) is 1.20. The number of carboxylic acids is 1. The molecule has 0 radical (unpaired) electrons. The fraction of sp³-hybridized carbons (Fsp3) is 0.250. The number of nitrogens with zero attached hydrogens (tertiary/aromatic N) is 1. The van der Waals surface area contributed by atoms with Gasteiger partial charge in [-0.1, -0.05) is 6.07 Å². The molecule has 0 spiro atoms. The molecule has 1 heterocycles. The van der Waals surface area contributed by atoms with Gasteiger partial charge < -0.3 is 15.7 Å². The predicted octanol–water partition coefficient (Wildman–Crippen LogP) is 0.357. The third-order valence-corrected chi connectivity index (χ3v) is 2.08. The quantitative estimate of drug-likeness (QED) is 0.655. The van der Waals surface area contributed by atoms with E-state index in [1.54, 1.807) is 24.4 Å². The van der Waals surface area contributed by atoms with Crippen LogP contribution in [0.4, 0.5) is 4.79 Å². The first-order valence-corrected chi connectivity index (χ1v) is 5.24. The van der Waals surface area contributed by atoms with Crippen molar-refractivity contribution in [1.29, 1.82) is 0 Å². The van der Waals surface area contributed by atoms with Gasteiger partial charge in [-0.15, -0.1) is 12.3 Å². The van der Waals surface area contributed by atoms with Crippen molar-refractivity contribution in [2.45, 2.75) is 19.0 Å². The average Bonchev–Trinajstić information content (AvgIpc) is 2.37. The first-order valence-electron chi connectivity index (χ1n) is 5.24. The Morgan fingerprint density at radius 3 is 2.83 bits per heavy atom. The number of rotatable bonds is 5. The number of nitrogens with one attached hydrogen (secondary N) is 2. The van der Waals surface area contributed by atoms with E-state index in [1.165, 1.54) is 0 Å². The first kappa shape index (κ1) is 13.5. The highest BCUT2D eigenvalue weighted by Gasteiger charge is 2.18. The van der Waals surface area contributed by atoms with Crippen LogP contribution in [0.25, 0.3) is 0 Å². The number of carbonyl (C=O) groups excluding carboxylic acids is 1. The van der Waals surface area contributed by atoms with Crippen LogP contribution in [0.15, 0.2) is 24.4 Å². The molecule has 0 bridgehead atoms. The standard InChI is InChI=1S/C12H13N3O3/c1-2-5-10(11(16)17)15-12(18)14-8-9-6-3-4-7-13-9/h1,3-4,6-7,10H,5,8H2,(H,16,17)(H2,14,15,18). The lowest BCUT2D eigenvalue weighted by Gasteiger charge is -2.12. The van der Waals surface area contributed by atoms with Crippen LogP contribution in [0.3, 0.4) is 0 Å². The fourth-order valence-corrected chi connectivity index (χ4v) is 1.20. The number of carbonyl (C=O) groups is 2. The van der Waals surface area contributed by atoms with Crippen LogP contribution in [0.2, 0.25) is 0 Å². The van der Waals surface area contributed by atoms with E-state index < -0.39 is 18.0 Å². The highest BCUT2D eigenvalue weighted by molar-refractivity contribution is 5.82. The number of terminal acetylenes is 1. The van der Waals surface area contributed by atoms with Crippen LogP contribution in [0.5, 0.6) is 0 Å². The van der Waals surface area contributed by atoms with Gasteiger partial charge in [-0.3, -0.25) is 4.98 Å². The Hall–Kier alpha value is -2.55. The van der Waals surface area contributed by atoms with E-state index in [1.807, 2.05) is 0 Å². The molecule has 0 aliphatic rings. The summed E-state index contributed by atoms with van der Waals surface area (Å²) in [6, 6.07) is 3.62. The van der Waals surface area contributed by atoms with E-state index >= 15 is 0 Å². The number of urea groups is 1. The van der Waals surface area contributed by atoms with Crippen LogP contribution >= 0.6 is 0 Å². The van der Waals surface area contributed by atoms with Crippen LogP contribution in [-0.2, 0) is 11.3 Å². The van der Waals surface area contributed by atoms with Gasteiger partial charge in [0.25, 0.3) is 0 Å². The molecule has 0 saturated carbocycles. The van der Waals surface area contributed by atoms with E-state index in [-0.39, 0.29) is 13.0 Å². The Kier molecular flexibility index (Phi) is 5.19. The molecule has 1 atom stereocenters. The third kappa shape index (κ3) is 4.53. The molecule has 6 nitrogen and oxygen atoms in total. The summed E-state index contributed by atoms with van der Waals surface area (Å²) < 4.78 is 0. The summed E-state index contributed by atoms with van der Waals surface area (Å²) in [6.07, 6.45) is 6.55. The molecule has 6 heteroatoms. The van der Waals surface area contributed by atoms with Gasteiger partial charge in [0, 0.05) is 12.6 Å². The average molecular weight is 247 g/mol. The smallest absolute Gasteiger partial charge is 0.327 e. The second kappa shape index (κ2) is 6.91. The van der Waals surface area contributed by atoms with E-state index in [4.69, 9.17) is 11.5 Å². The number of aromatic nitrogens is 1. The van der Waals surface area contributed by atoms with Crippen LogP contribution < -0.4 is 10.6 Å². The third-order valence-electron chi connectivity index (χ3n) is 2.08. The van der Waals surface area contributed by atoms with Crippen molar-refractivity contribution < 1.29 is 14.7 Å². The monoisotopic (exact) mass is 247 g/mol. The molecule has 0 fully saturated rings. The molecule has 1 aromatic rings. The largest absolute Gasteiger partial charge is 0.480 e. The number of amides is 2. The highest BCUT2D eigenvalue weighted by Crippen LogP contribution is 1.93. The SMILES string of the molecule is C#CCC(NC(=O)NCc1ccccn1)C(=O)O. The van der Waals surface area contributed by atoms with Gasteiger partial charge >= 0.3 is 12.0 Å². The molecule has 3 N–H and O–H groups in total. The van der Waals surface area contributed by atoms with E-state index in [0.29, 0.717) is 5.69 Å². The lowest BCUT2D eigenvalue weighted by molar-refractivity contribution is -0.139. The number of hydrogen-bond donors (Lipinski definition) is 3. The summed E-state index contributed by atoms with van der Waals surface area (Å²) in [5.74, 6) is 1.03. The molecule has 0 aliphatic carbocycles. The van der Waals surface area contributed by atoms with Crippen molar-refractivity contribution in [3.05, 3.63) is 30.1 Å². The maximum atomic E-state index is 11.4. The van der Waals surface area contributed by atoms with E-state index in [2.05, 4.69) is 21.5 Å². The molecule has 94 valence electrons. The first-order chi connectivity index (χ1) is 8.63. The second-order valence-corrected chi connectivity index (χ2v) is 3.45. The Balaban J connectivity index is 2.42. The normalized spacial score (nSPS) is 11.1. The van der Waals surface area contributed by atoms with Crippen molar-refractivity contribution >= 4 is 12.0 Å². The van der Waals surface area contributed by atoms with Crippen molar-refractivity contribution in [3.8, 4) is 12.3 Å². The Morgan fingerprint density at radius 2 is 2.28 bits per heavy atom. The molecule has 1 unspecified atom stereocenters. The zero-order valence-electron chi connectivity index (χ0n) is 9.59. The maximum absolute atomic E-state index is 11.4. The minimum atomic E-state index is -1.17. The zero-order valence-corrected chi connectivity index (χ0v) is 9.59. The van der Waals surface area contributed by atoms with Gasteiger partial charge in [0.2, 0.25) is 0 Å². The molecule has 18 heavy (non-hydrogen) atoms. The van der Waals surface area contributed by atoms with Crippen molar-refractivity contribution in [2.75, 3.05) is 0 Å². The van der Waals surface area contributed by atoms with Gasteiger partial charge in [0.1, 0.15) is 6.04 Å². The van der Waals surface area contributed by atoms with Crippen LogP contribution in [0.1, 0.15) is 12.1 Å². The summed E-state index contributed by atoms with van der Waals surface area (Å²) in [5, 5.41) is 13.6. The van der Waals surface area contributed by atoms with Crippen molar-refractivity contribution in [2.24, 2.45) is 0 Å². The van der Waals surface area contributed by atoms with Gasteiger partial charge in [-0.25, -0.2) is 9.59 Å². The summed E-state index contributed by atoms with van der Waals surface area (Å²) in [4.78, 5) is 26.2. The lowest BCUT2D eigenvalue weighted by Crippen LogP contribution is -2.45. The van der Waals surface area contributed by atoms with E-state index in [9.17, 15) is 9.59 Å².